The summed E-state index contributed by atoms with van der Waals surface area (Å²) in [5, 5.41) is 3.48. The van der Waals surface area contributed by atoms with Gasteiger partial charge in [0, 0.05) is 18.8 Å². The average Bonchev–Trinajstić information content (AvgIpc) is 2.44. The molecule has 1 N–H and O–H groups in total. The number of fused-ring (bicyclic) bond motifs is 1. The standard InChI is InChI=1S/C16H19N3/c1-12-6-5-9-17-15(12)11-19-13(2)10-18-14-7-3-4-8-16(14)19/h3-9,13,18H,10-11H2,1-2H3. The molecule has 0 spiro atoms. The fourth-order valence-corrected chi connectivity index (χ4v) is 2.57. The molecule has 0 bridgehead atoms. The minimum Gasteiger partial charge on any atom is -0.381 e. The highest BCUT2D eigenvalue weighted by molar-refractivity contribution is 5.72. The lowest BCUT2D eigenvalue weighted by molar-refractivity contribution is 0.633. The molecule has 0 aliphatic carbocycles. The van der Waals surface area contributed by atoms with Crippen molar-refractivity contribution >= 4 is 11.4 Å². The van der Waals surface area contributed by atoms with Crippen molar-refractivity contribution in [3.63, 3.8) is 0 Å². The van der Waals surface area contributed by atoms with Crippen molar-refractivity contribution in [2.75, 3.05) is 16.8 Å². The van der Waals surface area contributed by atoms with Gasteiger partial charge in [-0.1, -0.05) is 18.2 Å². The maximum absolute atomic E-state index is 4.52. The number of para-hydroxylation sites is 2. The zero-order valence-corrected chi connectivity index (χ0v) is 11.4. The highest BCUT2D eigenvalue weighted by Gasteiger charge is 2.23. The molecule has 1 aliphatic heterocycles. The Morgan fingerprint density at radius 2 is 2.11 bits per heavy atom. The Hall–Kier alpha value is -2.03. The van der Waals surface area contributed by atoms with Crippen LogP contribution < -0.4 is 10.2 Å². The Morgan fingerprint density at radius 1 is 1.26 bits per heavy atom. The summed E-state index contributed by atoms with van der Waals surface area (Å²) in [6, 6.07) is 13.1. The van der Waals surface area contributed by atoms with E-state index in [1.807, 2.05) is 12.3 Å². The molecule has 3 rings (SSSR count). The Morgan fingerprint density at radius 3 is 2.95 bits per heavy atom. The van der Waals surface area contributed by atoms with Gasteiger partial charge in [0.25, 0.3) is 0 Å². The first-order valence-corrected chi connectivity index (χ1v) is 6.76. The summed E-state index contributed by atoms with van der Waals surface area (Å²) in [6.07, 6.45) is 1.88. The summed E-state index contributed by atoms with van der Waals surface area (Å²) in [4.78, 5) is 6.95. The van der Waals surface area contributed by atoms with Crippen molar-refractivity contribution in [1.82, 2.24) is 4.98 Å². The van der Waals surface area contributed by atoms with Gasteiger partial charge >= 0.3 is 0 Å². The van der Waals surface area contributed by atoms with Crippen molar-refractivity contribution in [3.05, 3.63) is 53.9 Å². The summed E-state index contributed by atoms with van der Waals surface area (Å²) in [5.74, 6) is 0. The van der Waals surface area contributed by atoms with Gasteiger partial charge < -0.3 is 10.2 Å². The van der Waals surface area contributed by atoms with E-state index in [0.717, 1.165) is 18.8 Å². The second-order valence-corrected chi connectivity index (χ2v) is 5.14. The number of pyridine rings is 1. The summed E-state index contributed by atoms with van der Waals surface area (Å²) < 4.78 is 0. The molecule has 1 aromatic carbocycles. The molecule has 98 valence electrons. The minimum absolute atomic E-state index is 0.469. The van der Waals surface area contributed by atoms with E-state index in [-0.39, 0.29) is 0 Å². The quantitative estimate of drug-likeness (QED) is 0.890. The van der Waals surface area contributed by atoms with Gasteiger partial charge in [-0.15, -0.1) is 0 Å². The molecular weight excluding hydrogens is 234 g/mol. The number of aryl methyl sites for hydroxylation is 1. The Kier molecular flexibility index (Phi) is 3.11. The lowest BCUT2D eigenvalue weighted by Crippen LogP contribution is -2.41. The first kappa shape index (κ1) is 12.0. The van der Waals surface area contributed by atoms with E-state index in [1.165, 1.54) is 16.9 Å². The van der Waals surface area contributed by atoms with Crippen LogP contribution in [0.5, 0.6) is 0 Å². The number of aromatic nitrogens is 1. The van der Waals surface area contributed by atoms with Crippen LogP contribution >= 0.6 is 0 Å². The number of hydrogen-bond acceptors (Lipinski definition) is 3. The van der Waals surface area contributed by atoms with Crippen molar-refractivity contribution < 1.29 is 0 Å². The van der Waals surface area contributed by atoms with Gasteiger partial charge in [0.2, 0.25) is 0 Å². The van der Waals surface area contributed by atoms with Crippen LogP contribution in [0.2, 0.25) is 0 Å². The van der Waals surface area contributed by atoms with Crippen molar-refractivity contribution in [3.8, 4) is 0 Å². The SMILES string of the molecule is Cc1cccnc1CN1c2ccccc2NCC1C. The van der Waals surface area contributed by atoms with Crippen LogP contribution in [0, 0.1) is 6.92 Å². The zero-order valence-electron chi connectivity index (χ0n) is 11.4. The van der Waals surface area contributed by atoms with Gasteiger partial charge in [-0.25, -0.2) is 0 Å². The predicted octanol–water partition coefficient (Wildman–Crippen LogP) is 3.21. The fourth-order valence-electron chi connectivity index (χ4n) is 2.57. The number of hydrogen-bond donors (Lipinski definition) is 1. The number of benzene rings is 1. The number of nitrogens with zero attached hydrogens (tertiary/aromatic N) is 2. The third-order valence-corrected chi connectivity index (χ3v) is 3.77. The monoisotopic (exact) mass is 253 g/mol. The molecule has 0 saturated carbocycles. The Labute approximate surface area is 114 Å². The minimum atomic E-state index is 0.469. The summed E-state index contributed by atoms with van der Waals surface area (Å²) in [7, 11) is 0. The zero-order chi connectivity index (χ0) is 13.2. The average molecular weight is 253 g/mol. The second kappa shape index (κ2) is 4.92. The molecule has 3 heteroatoms. The molecule has 0 fully saturated rings. The van der Waals surface area contributed by atoms with E-state index in [0.29, 0.717) is 6.04 Å². The van der Waals surface area contributed by atoms with Crippen LogP contribution in [-0.4, -0.2) is 17.6 Å². The van der Waals surface area contributed by atoms with Gasteiger partial charge in [-0.3, -0.25) is 4.98 Å². The van der Waals surface area contributed by atoms with Crippen LogP contribution in [0.4, 0.5) is 11.4 Å². The number of anilines is 2. The molecule has 2 heterocycles. The summed E-state index contributed by atoms with van der Waals surface area (Å²) >= 11 is 0. The molecular formula is C16H19N3. The van der Waals surface area contributed by atoms with E-state index in [4.69, 9.17) is 0 Å². The van der Waals surface area contributed by atoms with E-state index in [9.17, 15) is 0 Å². The van der Waals surface area contributed by atoms with Crippen LogP contribution in [-0.2, 0) is 6.54 Å². The van der Waals surface area contributed by atoms with Gasteiger partial charge in [0.15, 0.2) is 0 Å². The largest absolute Gasteiger partial charge is 0.381 e. The lowest BCUT2D eigenvalue weighted by Gasteiger charge is -2.37. The maximum atomic E-state index is 4.52. The van der Waals surface area contributed by atoms with Crippen LogP contribution in [0.25, 0.3) is 0 Å². The van der Waals surface area contributed by atoms with Gasteiger partial charge in [-0.05, 0) is 37.6 Å². The molecule has 2 aromatic rings. The van der Waals surface area contributed by atoms with E-state index in [1.54, 1.807) is 0 Å². The number of rotatable bonds is 2. The topological polar surface area (TPSA) is 28.2 Å². The second-order valence-electron chi connectivity index (χ2n) is 5.14. The molecule has 1 atom stereocenters. The molecule has 0 amide bonds. The highest BCUT2D eigenvalue weighted by atomic mass is 15.2. The van der Waals surface area contributed by atoms with E-state index in [2.05, 4.69) is 59.4 Å². The van der Waals surface area contributed by atoms with Gasteiger partial charge in [-0.2, -0.15) is 0 Å². The van der Waals surface area contributed by atoms with Crippen LogP contribution in [0.1, 0.15) is 18.2 Å². The van der Waals surface area contributed by atoms with Crippen LogP contribution in [0.3, 0.4) is 0 Å². The molecule has 1 unspecified atom stereocenters. The third-order valence-electron chi connectivity index (χ3n) is 3.77. The normalized spacial score (nSPS) is 17.8. The van der Waals surface area contributed by atoms with Crippen LogP contribution in [0.15, 0.2) is 42.6 Å². The summed E-state index contributed by atoms with van der Waals surface area (Å²) in [6.45, 7) is 6.22. The third kappa shape index (κ3) is 2.28. The highest BCUT2D eigenvalue weighted by Crippen LogP contribution is 2.32. The van der Waals surface area contributed by atoms with Crippen molar-refractivity contribution in [2.24, 2.45) is 0 Å². The van der Waals surface area contributed by atoms with E-state index >= 15 is 0 Å². The molecule has 19 heavy (non-hydrogen) atoms. The van der Waals surface area contributed by atoms with E-state index < -0.39 is 0 Å². The Balaban J connectivity index is 1.94. The van der Waals surface area contributed by atoms with Crippen molar-refractivity contribution in [2.45, 2.75) is 26.4 Å². The van der Waals surface area contributed by atoms with Gasteiger partial charge in [0.05, 0.1) is 23.6 Å². The molecule has 0 radical (unpaired) electrons. The molecule has 1 aliphatic rings. The summed E-state index contributed by atoms with van der Waals surface area (Å²) in [5.41, 5.74) is 4.90. The molecule has 3 nitrogen and oxygen atoms in total. The fraction of sp³-hybridized carbons (Fsp3) is 0.312. The molecule has 1 aromatic heterocycles. The number of nitrogens with one attached hydrogen (secondary N) is 1. The lowest BCUT2D eigenvalue weighted by atomic mass is 10.1. The molecule has 0 saturated heterocycles. The predicted molar refractivity (Wildman–Crippen MR) is 79.6 cm³/mol. The Bertz CT molecular complexity index is 580. The van der Waals surface area contributed by atoms with Gasteiger partial charge in [0.1, 0.15) is 0 Å². The smallest absolute Gasteiger partial charge is 0.0626 e. The maximum Gasteiger partial charge on any atom is 0.0626 e. The first-order chi connectivity index (χ1) is 9.25. The first-order valence-electron chi connectivity index (χ1n) is 6.76. The van der Waals surface area contributed by atoms with Crippen molar-refractivity contribution in [1.29, 1.82) is 0 Å².